The van der Waals surface area contributed by atoms with Crippen molar-refractivity contribution in [2.75, 3.05) is 20.2 Å². The summed E-state index contributed by atoms with van der Waals surface area (Å²) in [5.41, 5.74) is 1.03. The Morgan fingerprint density at radius 2 is 2.00 bits per heavy atom. The summed E-state index contributed by atoms with van der Waals surface area (Å²) in [6, 6.07) is 11.6. The highest BCUT2D eigenvalue weighted by Gasteiger charge is 2.14. The summed E-state index contributed by atoms with van der Waals surface area (Å²) in [5, 5.41) is 1.94. The maximum absolute atomic E-state index is 12.1. The molecule has 0 radical (unpaired) electrons. The Morgan fingerprint density at radius 3 is 2.63 bits per heavy atom. The van der Waals surface area contributed by atoms with E-state index in [1.807, 2.05) is 48.7 Å². The van der Waals surface area contributed by atoms with Gasteiger partial charge in [0.2, 0.25) is 0 Å². The molecule has 0 bridgehead atoms. The molecule has 0 spiro atoms. The Balaban J connectivity index is 1.83. The van der Waals surface area contributed by atoms with Crippen molar-refractivity contribution in [3.63, 3.8) is 0 Å². The number of hydrogen-bond acceptors (Lipinski definition) is 3. The van der Waals surface area contributed by atoms with Crippen molar-refractivity contribution in [3.05, 3.63) is 52.2 Å². The van der Waals surface area contributed by atoms with Gasteiger partial charge in [0.05, 0.1) is 11.4 Å². The summed E-state index contributed by atoms with van der Waals surface area (Å²) in [6.45, 7) is 3.03. The van der Waals surface area contributed by atoms with E-state index in [0.717, 1.165) is 16.2 Å². The van der Waals surface area contributed by atoms with Gasteiger partial charge < -0.3 is 9.64 Å². The summed E-state index contributed by atoms with van der Waals surface area (Å²) in [7, 11) is 1.80. The minimum absolute atomic E-state index is 0.0594. The first-order chi connectivity index (χ1) is 9.18. The van der Waals surface area contributed by atoms with Crippen LogP contribution >= 0.6 is 11.3 Å². The fourth-order valence-electron chi connectivity index (χ4n) is 1.68. The molecule has 0 N–H and O–H groups in total. The molecule has 1 aromatic carbocycles. The predicted molar refractivity (Wildman–Crippen MR) is 78.0 cm³/mol. The number of rotatable bonds is 5. The van der Waals surface area contributed by atoms with Gasteiger partial charge in [0.1, 0.15) is 12.4 Å². The number of carbonyl (C=O) groups excluding carboxylic acids is 1. The van der Waals surface area contributed by atoms with Crippen LogP contribution in [-0.2, 0) is 0 Å². The Morgan fingerprint density at radius 1 is 1.26 bits per heavy atom. The van der Waals surface area contributed by atoms with Crippen molar-refractivity contribution in [2.45, 2.75) is 6.92 Å². The quantitative estimate of drug-likeness (QED) is 0.838. The lowest BCUT2D eigenvalue weighted by Gasteiger charge is -2.17. The van der Waals surface area contributed by atoms with Gasteiger partial charge in [-0.1, -0.05) is 18.2 Å². The van der Waals surface area contributed by atoms with E-state index < -0.39 is 0 Å². The zero-order valence-corrected chi connectivity index (χ0v) is 11.9. The second-order valence-electron chi connectivity index (χ2n) is 4.32. The van der Waals surface area contributed by atoms with Gasteiger partial charge in [0.25, 0.3) is 5.91 Å². The third kappa shape index (κ3) is 3.58. The summed E-state index contributed by atoms with van der Waals surface area (Å²) < 4.78 is 5.58. The number of amides is 1. The van der Waals surface area contributed by atoms with Gasteiger partial charge in [-0.15, -0.1) is 11.3 Å². The van der Waals surface area contributed by atoms with E-state index in [-0.39, 0.29) is 5.91 Å². The first-order valence-corrected chi connectivity index (χ1v) is 7.04. The molecule has 1 heterocycles. The molecule has 2 aromatic rings. The molecule has 0 atom stereocenters. The van der Waals surface area contributed by atoms with Crippen molar-refractivity contribution < 1.29 is 9.53 Å². The topological polar surface area (TPSA) is 29.5 Å². The van der Waals surface area contributed by atoms with Crippen molar-refractivity contribution >= 4 is 17.2 Å². The van der Waals surface area contributed by atoms with Crippen LogP contribution in [0.25, 0.3) is 0 Å². The highest BCUT2D eigenvalue weighted by Crippen LogP contribution is 2.17. The number of likely N-dealkylation sites (N-methyl/N-ethyl adjacent to an activating group) is 1. The lowest BCUT2D eigenvalue weighted by molar-refractivity contribution is 0.0778. The third-order valence-corrected chi connectivity index (χ3v) is 3.85. The van der Waals surface area contributed by atoms with Crippen molar-refractivity contribution in [1.29, 1.82) is 0 Å². The van der Waals surface area contributed by atoms with Crippen LogP contribution in [0.5, 0.6) is 5.75 Å². The molecule has 0 unspecified atom stereocenters. The number of benzene rings is 1. The van der Waals surface area contributed by atoms with Gasteiger partial charge >= 0.3 is 0 Å². The highest BCUT2D eigenvalue weighted by atomic mass is 32.1. The lowest BCUT2D eigenvalue weighted by atomic mass is 10.3. The van der Waals surface area contributed by atoms with Crippen molar-refractivity contribution in [1.82, 2.24) is 4.90 Å². The standard InChI is InChI=1S/C15H17NO2S/c1-12-8-11-19-14(12)15(17)16(2)9-10-18-13-6-4-3-5-7-13/h3-8,11H,9-10H2,1-2H3. The van der Waals surface area contributed by atoms with Crippen LogP contribution in [0.4, 0.5) is 0 Å². The molecule has 0 aliphatic heterocycles. The van der Waals surface area contributed by atoms with E-state index in [1.165, 1.54) is 11.3 Å². The minimum atomic E-state index is 0.0594. The number of para-hydroxylation sites is 1. The van der Waals surface area contributed by atoms with E-state index in [2.05, 4.69) is 0 Å². The molecule has 19 heavy (non-hydrogen) atoms. The molecule has 1 aromatic heterocycles. The highest BCUT2D eigenvalue weighted by molar-refractivity contribution is 7.12. The normalized spacial score (nSPS) is 10.2. The molecule has 0 aliphatic rings. The number of carbonyl (C=O) groups is 1. The monoisotopic (exact) mass is 275 g/mol. The fourth-order valence-corrected chi connectivity index (χ4v) is 2.60. The van der Waals surface area contributed by atoms with Crippen LogP contribution < -0.4 is 4.74 Å². The zero-order chi connectivity index (χ0) is 13.7. The largest absolute Gasteiger partial charge is 0.492 e. The molecule has 2 rings (SSSR count). The Bertz CT molecular complexity index is 536. The first-order valence-electron chi connectivity index (χ1n) is 6.16. The van der Waals surface area contributed by atoms with E-state index in [1.54, 1.807) is 11.9 Å². The van der Waals surface area contributed by atoms with Crippen LogP contribution in [0.2, 0.25) is 0 Å². The Hall–Kier alpha value is -1.81. The lowest BCUT2D eigenvalue weighted by Crippen LogP contribution is -2.30. The molecule has 0 saturated heterocycles. The van der Waals surface area contributed by atoms with E-state index in [4.69, 9.17) is 4.74 Å². The molecular weight excluding hydrogens is 258 g/mol. The number of ether oxygens (including phenoxy) is 1. The maximum atomic E-state index is 12.1. The number of hydrogen-bond donors (Lipinski definition) is 0. The summed E-state index contributed by atoms with van der Waals surface area (Å²) in [4.78, 5) is 14.7. The number of aryl methyl sites for hydroxylation is 1. The second-order valence-corrected chi connectivity index (χ2v) is 5.24. The van der Waals surface area contributed by atoms with E-state index in [0.29, 0.717) is 13.2 Å². The molecule has 4 heteroatoms. The van der Waals surface area contributed by atoms with E-state index >= 15 is 0 Å². The average Bonchev–Trinajstić information content (AvgIpc) is 2.85. The fraction of sp³-hybridized carbons (Fsp3) is 0.267. The predicted octanol–water partition coefficient (Wildman–Crippen LogP) is 3.21. The zero-order valence-electron chi connectivity index (χ0n) is 11.1. The molecule has 1 amide bonds. The smallest absolute Gasteiger partial charge is 0.264 e. The van der Waals surface area contributed by atoms with Gasteiger partial charge in [-0.3, -0.25) is 4.79 Å². The second kappa shape index (κ2) is 6.38. The SMILES string of the molecule is Cc1ccsc1C(=O)N(C)CCOc1ccccc1. The summed E-state index contributed by atoms with van der Waals surface area (Å²) >= 11 is 1.48. The van der Waals surface area contributed by atoms with Crippen LogP contribution in [0.1, 0.15) is 15.2 Å². The molecule has 3 nitrogen and oxygen atoms in total. The average molecular weight is 275 g/mol. The van der Waals surface area contributed by atoms with Crippen molar-refractivity contribution in [2.24, 2.45) is 0 Å². The third-order valence-electron chi connectivity index (χ3n) is 2.84. The molecule has 100 valence electrons. The molecule has 0 aliphatic carbocycles. The van der Waals surface area contributed by atoms with Gasteiger partial charge in [-0.2, -0.15) is 0 Å². The Labute approximate surface area is 117 Å². The van der Waals surface area contributed by atoms with Crippen LogP contribution in [0.15, 0.2) is 41.8 Å². The summed E-state index contributed by atoms with van der Waals surface area (Å²) in [6.07, 6.45) is 0. The first kappa shape index (κ1) is 13.6. The van der Waals surface area contributed by atoms with Gasteiger partial charge in [0.15, 0.2) is 0 Å². The molecule has 0 fully saturated rings. The Kier molecular flexibility index (Phi) is 4.58. The van der Waals surface area contributed by atoms with Gasteiger partial charge in [-0.25, -0.2) is 0 Å². The van der Waals surface area contributed by atoms with Gasteiger partial charge in [-0.05, 0) is 36.1 Å². The minimum Gasteiger partial charge on any atom is -0.492 e. The maximum Gasteiger partial charge on any atom is 0.264 e. The number of thiophene rings is 1. The van der Waals surface area contributed by atoms with Crippen LogP contribution in [-0.4, -0.2) is 31.0 Å². The number of nitrogens with zero attached hydrogens (tertiary/aromatic N) is 1. The van der Waals surface area contributed by atoms with Crippen LogP contribution in [0.3, 0.4) is 0 Å². The van der Waals surface area contributed by atoms with Gasteiger partial charge in [0, 0.05) is 7.05 Å². The summed E-state index contributed by atoms with van der Waals surface area (Å²) in [5.74, 6) is 0.889. The van der Waals surface area contributed by atoms with E-state index in [9.17, 15) is 4.79 Å². The molecular formula is C15H17NO2S. The van der Waals surface area contributed by atoms with Crippen molar-refractivity contribution in [3.8, 4) is 5.75 Å². The van der Waals surface area contributed by atoms with Crippen LogP contribution in [0, 0.1) is 6.92 Å². The molecule has 0 saturated carbocycles.